The van der Waals surface area contributed by atoms with E-state index in [9.17, 15) is 9.18 Å². The lowest BCUT2D eigenvalue weighted by Crippen LogP contribution is -2.19. The van der Waals surface area contributed by atoms with Gasteiger partial charge in [0.05, 0.1) is 35.0 Å². The zero-order valence-electron chi connectivity index (χ0n) is 14.8. The molecule has 0 spiro atoms. The molecule has 2 aromatic rings. The van der Waals surface area contributed by atoms with Gasteiger partial charge in [-0.15, -0.1) is 6.42 Å². The number of rotatable bonds is 7. The second-order valence-corrected chi connectivity index (χ2v) is 5.67. The molecule has 2 rings (SSSR count). The number of amides is 1. The highest BCUT2D eigenvalue weighted by atomic mass is 35.5. The first-order valence-corrected chi connectivity index (χ1v) is 8.43. The van der Waals surface area contributed by atoms with Gasteiger partial charge in [0, 0.05) is 0 Å². The van der Waals surface area contributed by atoms with Crippen LogP contribution in [0.4, 0.5) is 4.39 Å². The van der Waals surface area contributed by atoms with Crippen molar-refractivity contribution >= 4 is 23.7 Å². The van der Waals surface area contributed by atoms with Crippen molar-refractivity contribution < 1.29 is 18.7 Å². The van der Waals surface area contributed by atoms with E-state index in [-0.39, 0.29) is 22.8 Å². The minimum Gasteiger partial charge on any atom is -0.490 e. The number of ether oxygens (including phenoxy) is 2. The standard InChI is InChI=1S/C20H15ClFN3O3/c1-3-7-28-19-16(21)8-14(10-18(19)27-4-2)12-24-25-20(26)15-6-5-13(11-23)9-17(15)22/h1,5-6,8-10,12H,4,7H2,2H3,(H,25,26)/b24-12-. The second-order valence-electron chi connectivity index (χ2n) is 5.26. The third-order valence-electron chi connectivity index (χ3n) is 3.35. The van der Waals surface area contributed by atoms with Crippen molar-refractivity contribution in [3.63, 3.8) is 0 Å². The molecule has 0 radical (unpaired) electrons. The largest absolute Gasteiger partial charge is 0.490 e. The molecule has 0 aromatic heterocycles. The maximum absolute atomic E-state index is 13.8. The molecule has 0 aliphatic carbocycles. The van der Waals surface area contributed by atoms with E-state index < -0.39 is 11.7 Å². The molecule has 0 saturated heterocycles. The van der Waals surface area contributed by atoms with E-state index in [4.69, 9.17) is 32.8 Å². The van der Waals surface area contributed by atoms with Crippen molar-refractivity contribution in [3.8, 4) is 29.9 Å². The SMILES string of the molecule is C#CCOc1c(Cl)cc(/C=N\NC(=O)c2ccc(C#N)cc2F)cc1OCC. The van der Waals surface area contributed by atoms with Crippen LogP contribution in [0.2, 0.25) is 5.02 Å². The number of carbonyl (C=O) groups excluding carboxylic acids is 1. The lowest BCUT2D eigenvalue weighted by Gasteiger charge is -2.12. The van der Waals surface area contributed by atoms with E-state index in [2.05, 4.69) is 16.4 Å². The Morgan fingerprint density at radius 1 is 1.39 bits per heavy atom. The number of nitriles is 1. The Balaban J connectivity index is 2.16. The van der Waals surface area contributed by atoms with Crippen molar-refractivity contribution in [1.29, 1.82) is 5.26 Å². The van der Waals surface area contributed by atoms with E-state index in [0.29, 0.717) is 23.7 Å². The molecule has 6 nitrogen and oxygen atoms in total. The number of hydrogen-bond acceptors (Lipinski definition) is 5. The summed E-state index contributed by atoms with van der Waals surface area (Å²) in [5, 5.41) is 12.8. The van der Waals surface area contributed by atoms with Crippen LogP contribution in [0.1, 0.15) is 28.4 Å². The van der Waals surface area contributed by atoms with Gasteiger partial charge in [-0.3, -0.25) is 4.79 Å². The Morgan fingerprint density at radius 3 is 2.82 bits per heavy atom. The van der Waals surface area contributed by atoms with Gasteiger partial charge in [0.15, 0.2) is 11.5 Å². The molecule has 0 aliphatic rings. The summed E-state index contributed by atoms with van der Waals surface area (Å²) in [5.41, 5.74) is 2.61. The molecule has 0 atom stereocenters. The summed E-state index contributed by atoms with van der Waals surface area (Å²) in [7, 11) is 0. The second kappa shape index (κ2) is 9.96. The molecule has 1 amide bonds. The predicted octanol–water partition coefficient (Wildman–Crippen LogP) is 3.53. The van der Waals surface area contributed by atoms with Gasteiger partial charge in [-0.05, 0) is 42.8 Å². The topological polar surface area (TPSA) is 83.7 Å². The van der Waals surface area contributed by atoms with Crippen LogP contribution in [0.5, 0.6) is 11.5 Å². The fourth-order valence-corrected chi connectivity index (χ4v) is 2.45. The van der Waals surface area contributed by atoms with Crippen molar-refractivity contribution in [2.24, 2.45) is 5.10 Å². The van der Waals surface area contributed by atoms with Crippen LogP contribution >= 0.6 is 11.6 Å². The summed E-state index contributed by atoms with van der Waals surface area (Å²) >= 11 is 6.19. The fraction of sp³-hybridized carbons (Fsp3) is 0.150. The average Bonchev–Trinajstić information content (AvgIpc) is 2.67. The highest BCUT2D eigenvalue weighted by molar-refractivity contribution is 6.32. The molecule has 0 fully saturated rings. The van der Waals surface area contributed by atoms with Gasteiger partial charge in [0.1, 0.15) is 12.4 Å². The van der Waals surface area contributed by atoms with E-state index in [1.807, 2.05) is 0 Å². The lowest BCUT2D eigenvalue weighted by molar-refractivity contribution is 0.0951. The number of nitrogens with one attached hydrogen (secondary N) is 1. The van der Waals surface area contributed by atoms with Gasteiger partial charge in [0.25, 0.3) is 5.91 Å². The van der Waals surface area contributed by atoms with E-state index in [1.165, 1.54) is 18.3 Å². The van der Waals surface area contributed by atoms with Gasteiger partial charge >= 0.3 is 0 Å². The van der Waals surface area contributed by atoms with Crippen molar-refractivity contribution in [2.75, 3.05) is 13.2 Å². The highest BCUT2D eigenvalue weighted by Gasteiger charge is 2.13. The summed E-state index contributed by atoms with van der Waals surface area (Å²) in [6.45, 7) is 2.20. The quantitative estimate of drug-likeness (QED) is 0.438. The minimum atomic E-state index is -0.816. The molecular weight excluding hydrogens is 385 g/mol. The van der Waals surface area contributed by atoms with Crippen LogP contribution in [0.25, 0.3) is 0 Å². The van der Waals surface area contributed by atoms with Crippen LogP contribution in [0.15, 0.2) is 35.4 Å². The molecule has 0 unspecified atom stereocenters. The maximum Gasteiger partial charge on any atom is 0.274 e. The molecule has 0 bridgehead atoms. The van der Waals surface area contributed by atoms with E-state index in [0.717, 1.165) is 6.07 Å². The minimum absolute atomic E-state index is 0.0272. The smallest absolute Gasteiger partial charge is 0.274 e. The summed E-state index contributed by atoms with van der Waals surface area (Å²) in [4.78, 5) is 12.0. The monoisotopic (exact) mass is 399 g/mol. The van der Waals surface area contributed by atoms with Gasteiger partial charge in [-0.2, -0.15) is 10.4 Å². The third kappa shape index (κ3) is 5.23. The Kier molecular flexibility index (Phi) is 7.38. The Bertz CT molecular complexity index is 993. The molecule has 2 aromatic carbocycles. The Hall–Kier alpha value is -3.55. The van der Waals surface area contributed by atoms with Crippen LogP contribution in [-0.2, 0) is 0 Å². The van der Waals surface area contributed by atoms with Crippen LogP contribution < -0.4 is 14.9 Å². The molecule has 142 valence electrons. The zero-order chi connectivity index (χ0) is 20.5. The Morgan fingerprint density at radius 2 is 2.18 bits per heavy atom. The molecule has 1 N–H and O–H groups in total. The van der Waals surface area contributed by atoms with E-state index >= 15 is 0 Å². The van der Waals surface area contributed by atoms with Crippen molar-refractivity contribution in [3.05, 3.63) is 57.9 Å². The normalized spacial score (nSPS) is 10.2. The molecule has 0 heterocycles. The summed E-state index contributed by atoms with van der Waals surface area (Å²) in [5.74, 6) is 1.44. The molecule has 28 heavy (non-hydrogen) atoms. The van der Waals surface area contributed by atoms with Crippen molar-refractivity contribution in [2.45, 2.75) is 6.92 Å². The number of halogens is 2. The Labute approximate surface area is 166 Å². The zero-order valence-corrected chi connectivity index (χ0v) is 15.6. The molecular formula is C20H15ClFN3O3. The van der Waals surface area contributed by atoms with Gasteiger partial charge in [-0.25, -0.2) is 9.82 Å². The van der Waals surface area contributed by atoms with Crippen LogP contribution in [-0.4, -0.2) is 25.3 Å². The van der Waals surface area contributed by atoms with Crippen LogP contribution in [0.3, 0.4) is 0 Å². The fourth-order valence-electron chi connectivity index (χ4n) is 2.17. The molecule has 0 aliphatic heterocycles. The first kappa shape index (κ1) is 20.8. The highest BCUT2D eigenvalue weighted by Crippen LogP contribution is 2.36. The lowest BCUT2D eigenvalue weighted by atomic mass is 10.1. The molecule has 0 saturated carbocycles. The average molecular weight is 400 g/mol. The van der Waals surface area contributed by atoms with Crippen LogP contribution in [0, 0.1) is 29.5 Å². The number of hydrogen-bond donors (Lipinski definition) is 1. The van der Waals surface area contributed by atoms with Gasteiger partial charge in [0.2, 0.25) is 0 Å². The number of carbonyl (C=O) groups is 1. The van der Waals surface area contributed by atoms with Gasteiger partial charge < -0.3 is 9.47 Å². The summed E-state index contributed by atoms with van der Waals surface area (Å²) in [6.07, 6.45) is 6.50. The summed E-state index contributed by atoms with van der Waals surface area (Å²) in [6, 6.07) is 8.47. The number of nitrogens with zero attached hydrogens (tertiary/aromatic N) is 2. The van der Waals surface area contributed by atoms with Gasteiger partial charge in [-0.1, -0.05) is 17.5 Å². The first-order chi connectivity index (χ1) is 13.5. The predicted molar refractivity (Wildman–Crippen MR) is 103 cm³/mol. The van der Waals surface area contributed by atoms with Crippen molar-refractivity contribution in [1.82, 2.24) is 5.43 Å². The van der Waals surface area contributed by atoms with E-state index in [1.54, 1.807) is 25.1 Å². The maximum atomic E-state index is 13.8. The number of hydrazone groups is 1. The molecule has 8 heteroatoms. The number of benzene rings is 2. The summed E-state index contributed by atoms with van der Waals surface area (Å²) < 4.78 is 24.7. The number of terminal acetylenes is 1. The first-order valence-electron chi connectivity index (χ1n) is 8.05. The third-order valence-corrected chi connectivity index (χ3v) is 3.63.